The zero-order chi connectivity index (χ0) is 19.4. The second kappa shape index (κ2) is 14.0. The molecule has 0 amide bonds. The maximum atomic E-state index is 5.93. The lowest BCUT2D eigenvalue weighted by Crippen LogP contribution is -2.48. The molecule has 2 aliphatic heterocycles. The number of anilines is 1. The zero-order valence-corrected chi connectivity index (χ0v) is 20.0. The Morgan fingerprint density at radius 3 is 2.55 bits per heavy atom. The van der Waals surface area contributed by atoms with Gasteiger partial charge in [0.1, 0.15) is 0 Å². The van der Waals surface area contributed by atoms with Crippen LogP contribution in [-0.2, 0) is 9.47 Å². The molecule has 164 valence electrons. The third kappa shape index (κ3) is 8.68. The maximum absolute atomic E-state index is 5.93. The summed E-state index contributed by atoms with van der Waals surface area (Å²) in [6.07, 6.45) is 5.64. The number of guanidine groups is 1. The summed E-state index contributed by atoms with van der Waals surface area (Å²) in [6, 6.07) is 11.2. The summed E-state index contributed by atoms with van der Waals surface area (Å²) >= 11 is 0. The highest BCUT2D eigenvalue weighted by Crippen LogP contribution is 2.19. The summed E-state index contributed by atoms with van der Waals surface area (Å²) in [7, 11) is 0. The van der Waals surface area contributed by atoms with E-state index in [9.17, 15) is 0 Å². The molecule has 0 aliphatic carbocycles. The van der Waals surface area contributed by atoms with Crippen molar-refractivity contribution in [2.45, 2.75) is 51.2 Å². The highest BCUT2D eigenvalue weighted by atomic mass is 127. The Kier molecular flexibility index (Phi) is 11.7. The smallest absolute Gasteiger partial charge is 0.191 e. The van der Waals surface area contributed by atoms with E-state index in [-0.39, 0.29) is 24.0 Å². The van der Waals surface area contributed by atoms with Crippen molar-refractivity contribution >= 4 is 35.6 Å². The Morgan fingerprint density at radius 2 is 1.86 bits per heavy atom. The Balaban J connectivity index is 0.00000300. The molecule has 0 radical (unpaired) electrons. The molecule has 0 bridgehead atoms. The van der Waals surface area contributed by atoms with Crippen molar-refractivity contribution < 1.29 is 9.47 Å². The van der Waals surface area contributed by atoms with Gasteiger partial charge in [-0.2, -0.15) is 0 Å². The molecule has 1 aromatic rings. The molecule has 0 unspecified atom stereocenters. The van der Waals surface area contributed by atoms with Gasteiger partial charge >= 0.3 is 0 Å². The number of halogens is 1. The van der Waals surface area contributed by atoms with Crippen LogP contribution in [0.3, 0.4) is 0 Å². The number of rotatable bonds is 8. The van der Waals surface area contributed by atoms with Crippen molar-refractivity contribution in [3.63, 3.8) is 0 Å². The van der Waals surface area contributed by atoms with Gasteiger partial charge in [-0.3, -0.25) is 4.99 Å². The normalized spacial score (nSPS) is 18.9. The number of piperidine rings is 1. The van der Waals surface area contributed by atoms with Crippen molar-refractivity contribution in [2.75, 3.05) is 50.9 Å². The second-order valence-corrected chi connectivity index (χ2v) is 7.54. The summed E-state index contributed by atoms with van der Waals surface area (Å²) in [6.45, 7) is 8.40. The average molecular weight is 516 g/mol. The molecule has 2 N–H and O–H groups in total. The van der Waals surface area contributed by atoms with Crippen molar-refractivity contribution in [2.24, 2.45) is 4.99 Å². The molecule has 1 aromatic carbocycles. The standard InChI is InChI=1S/C22H36N4O2.HI/c1-2-23-22(24-13-6-16-28-21-11-17-27-18-12-21)25-19-9-14-26(15-10-19)20-7-4-3-5-8-20;/h3-5,7-8,19,21H,2,6,9-18H2,1H3,(H2,23,24,25);1H. The van der Waals surface area contributed by atoms with Crippen LogP contribution in [0.15, 0.2) is 35.3 Å². The molecule has 6 nitrogen and oxygen atoms in total. The molecule has 2 saturated heterocycles. The van der Waals surface area contributed by atoms with E-state index in [4.69, 9.17) is 14.5 Å². The minimum atomic E-state index is 0. The number of hydrogen-bond donors (Lipinski definition) is 2. The topological polar surface area (TPSA) is 58.1 Å². The van der Waals surface area contributed by atoms with Crippen LogP contribution in [0.5, 0.6) is 0 Å². The molecular weight excluding hydrogens is 479 g/mol. The van der Waals surface area contributed by atoms with Gasteiger partial charge in [-0.05, 0) is 51.2 Å². The zero-order valence-electron chi connectivity index (χ0n) is 17.6. The molecule has 0 saturated carbocycles. The van der Waals surface area contributed by atoms with Crippen molar-refractivity contribution in [3.05, 3.63) is 30.3 Å². The molecule has 3 rings (SSSR count). The largest absolute Gasteiger partial charge is 0.381 e. The second-order valence-electron chi connectivity index (χ2n) is 7.54. The fourth-order valence-electron chi connectivity index (χ4n) is 3.78. The average Bonchev–Trinajstić information content (AvgIpc) is 2.75. The fourth-order valence-corrected chi connectivity index (χ4v) is 3.78. The van der Waals surface area contributed by atoms with E-state index in [2.05, 4.69) is 52.8 Å². The third-order valence-electron chi connectivity index (χ3n) is 5.40. The Bertz CT molecular complexity index is 573. The minimum absolute atomic E-state index is 0. The van der Waals surface area contributed by atoms with Crippen LogP contribution in [0.4, 0.5) is 5.69 Å². The van der Waals surface area contributed by atoms with Crippen LogP contribution >= 0.6 is 24.0 Å². The van der Waals surface area contributed by atoms with E-state index < -0.39 is 0 Å². The Hall–Kier alpha value is -1.06. The van der Waals surface area contributed by atoms with Crippen LogP contribution in [0.1, 0.15) is 39.0 Å². The lowest BCUT2D eigenvalue weighted by molar-refractivity contribution is -0.0318. The lowest BCUT2D eigenvalue weighted by atomic mass is 10.0. The van der Waals surface area contributed by atoms with Crippen molar-refractivity contribution in [3.8, 4) is 0 Å². The summed E-state index contributed by atoms with van der Waals surface area (Å²) in [5, 5.41) is 7.01. The number of ether oxygens (including phenoxy) is 2. The van der Waals surface area contributed by atoms with E-state index in [1.165, 1.54) is 5.69 Å². The number of para-hydroxylation sites is 1. The highest BCUT2D eigenvalue weighted by Gasteiger charge is 2.20. The number of hydrogen-bond acceptors (Lipinski definition) is 4. The SMILES string of the molecule is CCNC(=NCCCOC1CCOCC1)NC1CCN(c2ccccc2)CC1.I. The van der Waals surface area contributed by atoms with E-state index in [1.807, 2.05) is 0 Å². The quantitative estimate of drug-likeness (QED) is 0.240. The van der Waals surface area contributed by atoms with Gasteiger partial charge in [0.15, 0.2) is 5.96 Å². The van der Waals surface area contributed by atoms with Crippen molar-refractivity contribution in [1.82, 2.24) is 10.6 Å². The summed E-state index contributed by atoms with van der Waals surface area (Å²) < 4.78 is 11.3. The summed E-state index contributed by atoms with van der Waals surface area (Å²) in [5.41, 5.74) is 1.33. The number of aliphatic imine (C=N–C) groups is 1. The molecule has 29 heavy (non-hydrogen) atoms. The first kappa shape index (κ1) is 24.2. The molecule has 7 heteroatoms. The third-order valence-corrected chi connectivity index (χ3v) is 5.40. The molecule has 0 spiro atoms. The highest BCUT2D eigenvalue weighted by molar-refractivity contribution is 14.0. The van der Waals surface area contributed by atoms with Crippen LogP contribution in [0.25, 0.3) is 0 Å². The van der Waals surface area contributed by atoms with Crippen LogP contribution in [-0.4, -0.2) is 64.1 Å². The van der Waals surface area contributed by atoms with E-state index in [0.29, 0.717) is 12.1 Å². The van der Waals surface area contributed by atoms with Crippen molar-refractivity contribution in [1.29, 1.82) is 0 Å². The van der Waals surface area contributed by atoms with E-state index >= 15 is 0 Å². The maximum Gasteiger partial charge on any atom is 0.191 e. The van der Waals surface area contributed by atoms with Crippen LogP contribution < -0.4 is 15.5 Å². The van der Waals surface area contributed by atoms with E-state index in [1.54, 1.807) is 0 Å². The first-order valence-electron chi connectivity index (χ1n) is 10.9. The van der Waals surface area contributed by atoms with Gasteiger partial charge in [0, 0.05) is 57.7 Å². The van der Waals surface area contributed by atoms with Gasteiger partial charge in [-0.1, -0.05) is 18.2 Å². The van der Waals surface area contributed by atoms with Gasteiger partial charge in [0.05, 0.1) is 6.10 Å². The van der Waals surface area contributed by atoms with Gasteiger partial charge in [0.2, 0.25) is 0 Å². The molecule has 2 heterocycles. The molecule has 0 atom stereocenters. The van der Waals surface area contributed by atoms with Crippen LogP contribution in [0, 0.1) is 0 Å². The number of nitrogens with one attached hydrogen (secondary N) is 2. The number of nitrogens with zero attached hydrogens (tertiary/aromatic N) is 2. The fraction of sp³-hybridized carbons (Fsp3) is 0.682. The van der Waals surface area contributed by atoms with E-state index in [0.717, 1.165) is 84.1 Å². The van der Waals surface area contributed by atoms with Gasteiger partial charge < -0.3 is 25.0 Å². The predicted molar refractivity (Wildman–Crippen MR) is 131 cm³/mol. The molecule has 2 aliphatic rings. The minimum Gasteiger partial charge on any atom is -0.381 e. The van der Waals surface area contributed by atoms with Gasteiger partial charge in [-0.25, -0.2) is 0 Å². The Labute approximate surface area is 192 Å². The predicted octanol–water partition coefficient (Wildman–Crippen LogP) is 3.41. The molecular formula is C22H37IN4O2. The summed E-state index contributed by atoms with van der Waals surface area (Å²) in [4.78, 5) is 7.21. The van der Waals surface area contributed by atoms with Gasteiger partial charge in [-0.15, -0.1) is 24.0 Å². The van der Waals surface area contributed by atoms with Gasteiger partial charge in [0.25, 0.3) is 0 Å². The molecule has 0 aromatic heterocycles. The number of benzene rings is 1. The first-order chi connectivity index (χ1) is 13.8. The molecule has 2 fully saturated rings. The lowest BCUT2D eigenvalue weighted by Gasteiger charge is -2.34. The van der Waals surface area contributed by atoms with Crippen LogP contribution in [0.2, 0.25) is 0 Å². The summed E-state index contributed by atoms with van der Waals surface area (Å²) in [5.74, 6) is 0.937. The monoisotopic (exact) mass is 516 g/mol. The Morgan fingerprint density at radius 1 is 1.14 bits per heavy atom. The first-order valence-corrected chi connectivity index (χ1v) is 10.9.